The number of anilines is 1. The van der Waals surface area contributed by atoms with Gasteiger partial charge in [-0.25, -0.2) is 0 Å². The molecular weight excluding hydrogens is 418 g/mol. The Balaban J connectivity index is 1.74. The van der Waals surface area contributed by atoms with Gasteiger partial charge in [-0.1, -0.05) is 54.6 Å². The van der Waals surface area contributed by atoms with Crippen molar-refractivity contribution in [3.8, 4) is 0 Å². The van der Waals surface area contributed by atoms with Gasteiger partial charge in [-0.2, -0.15) is 0 Å². The number of carbonyl (C=O) groups is 2. The topological polar surface area (TPSA) is 57.6 Å². The SMILES string of the molecule is Cc1cccc(N2C(=O)C(=O)/C(=C(\O)c3ccc4ccccc4c3)C2c2cccs2)c1C. The summed E-state index contributed by atoms with van der Waals surface area (Å²) in [7, 11) is 0. The average molecular weight is 440 g/mol. The number of hydrogen-bond donors (Lipinski definition) is 1. The van der Waals surface area contributed by atoms with Crippen LogP contribution >= 0.6 is 11.3 Å². The summed E-state index contributed by atoms with van der Waals surface area (Å²) in [6.45, 7) is 3.92. The Hall–Kier alpha value is -3.70. The highest BCUT2D eigenvalue weighted by molar-refractivity contribution is 7.10. The zero-order valence-corrected chi connectivity index (χ0v) is 18.5. The quantitative estimate of drug-likeness (QED) is 0.237. The lowest BCUT2D eigenvalue weighted by Gasteiger charge is -2.26. The number of amides is 1. The molecule has 5 heteroatoms. The molecule has 2 heterocycles. The summed E-state index contributed by atoms with van der Waals surface area (Å²) < 4.78 is 0. The van der Waals surface area contributed by atoms with Gasteiger partial charge in [0.15, 0.2) is 0 Å². The Kier molecular flexibility index (Phi) is 4.91. The highest BCUT2D eigenvalue weighted by atomic mass is 32.1. The fourth-order valence-corrected chi connectivity index (χ4v) is 5.11. The van der Waals surface area contributed by atoms with E-state index in [4.69, 9.17) is 0 Å². The molecule has 1 N–H and O–H groups in total. The molecule has 32 heavy (non-hydrogen) atoms. The van der Waals surface area contributed by atoms with Crippen molar-refractivity contribution in [3.05, 3.63) is 105 Å². The minimum atomic E-state index is -0.679. The van der Waals surface area contributed by atoms with E-state index in [1.807, 2.05) is 86.0 Å². The summed E-state index contributed by atoms with van der Waals surface area (Å²) in [6.07, 6.45) is 0. The van der Waals surface area contributed by atoms with Crippen LogP contribution in [0.3, 0.4) is 0 Å². The molecule has 1 aromatic heterocycles. The Bertz CT molecular complexity index is 1400. The van der Waals surface area contributed by atoms with Crippen molar-refractivity contribution >= 4 is 45.2 Å². The Morgan fingerprint density at radius 3 is 2.44 bits per heavy atom. The van der Waals surface area contributed by atoms with Gasteiger partial charge in [0.2, 0.25) is 0 Å². The highest BCUT2D eigenvalue weighted by Crippen LogP contribution is 2.44. The molecule has 0 spiro atoms. The second-order valence-electron chi connectivity index (χ2n) is 7.97. The van der Waals surface area contributed by atoms with Gasteiger partial charge in [0.05, 0.1) is 5.57 Å². The standard InChI is InChI=1S/C27H21NO3S/c1-16-7-5-10-21(17(16)2)28-24(22-11-6-14-32-22)23(26(30)27(28)31)25(29)20-13-12-18-8-3-4-9-19(18)15-20/h3-15,24,29H,1-2H3/b25-23-. The summed E-state index contributed by atoms with van der Waals surface area (Å²) in [6, 6.07) is 22.2. The maximum absolute atomic E-state index is 13.3. The van der Waals surface area contributed by atoms with Crippen molar-refractivity contribution in [1.29, 1.82) is 0 Å². The summed E-state index contributed by atoms with van der Waals surface area (Å²) >= 11 is 1.46. The summed E-state index contributed by atoms with van der Waals surface area (Å²) in [4.78, 5) is 28.9. The molecule has 0 saturated carbocycles. The minimum absolute atomic E-state index is 0.119. The van der Waals surface area contributed by atoms with Gasteiger partial charge in [0.1, 0.15) is 11.8 Å². The lowest BCUT2D eigenvalue weighted by atomic mass is 9.97. The number of benzene rings is 3. The molecule has 1 aliphatic heterocycles. The van der Waals surface area contributed by atoms with Crippen LogP contribution in [-0.4, -0.2) is 16.8 Å². The van der Waals surface area contributed by atoms with Crippen LogP contribution in [0.15, 0.2) is 83.7 Å². The largest absolute Gasteiger partial charge is 0.507 e. The monoisotopic (exact) mass is 439 g/mol. The molecule has 1 fully saturated rings. The van der Waals surface area contributed by atoms with E-state index in [0.717, 1.165) is 26.8 Å². The predicted octanol–water partition coefficient (Wildman–Crippen LogP) is 6.14. The van der Waals surface area contributed by atoms with Crippen LogP contribution in [0.4, 0.5) is 5.69 Å². The van der Waals surface area contributed by atoms with Crippen LogP contribution in [0.2, 0.25) is 0 Å². The van der Waals surface area contributed by atoms with E-state index in [1.54, 1.807) is 6.07 Å². The van der Waals surface area contributed by atoms with E-state index >= 15 is 0 Å². The molecule has 3 aromatic carbocycles. The van der Waals surface area contributed by atoms with Crippen molar-refractivity contribution in [2.75, 3.05) is 4.90 Å². The number of carbonyl (C=O) groups excluding carboxylic acids is 2. The molecule has 1 unspecified atom stereocenters. The number of hydrogen-bond acceptors (Lipinski definition) is 4. The Labute approximate surface area is 190 Å². The zero-order valence-electron chi connectivity index (χ0n) is 17.7. The minimum Gasteiger partial charge on any atom is -0.507 e. The average Bonchev–Trinajstić information content (AvgIpc) is 3.42. The molecule has 0 bridgehead atoms. The molecule has 0 aliphatic carbocycles. The Morgan fingerprint density at radius 1 is 0.906 bits per heavy atom. The normalized spacial score (nSPS) is 17.9. The third-order valence-corrected chi connectivity index (χ3v) is 7.04. The van der Waals surface area contributed by atoms with Gasteiger partial charge in [-0.15, -0.1) is 11.3 Å². The van der Waals surface area contributed by atoms with Crippen LogP contribution in [0.5, 0.6) is 0 Å². The van der Waals surface area contributed by atoms with Gasteiger partial charge in [-0.3, -0.25) is 14.5 Å². The third kappa shape index (κ3) is 3.13. The van der Waals surface area contributed by atoms with Crippen LogP contribution in [0, 0.1) is 13.8 Å². The van der Waals surface area contributed by atoms with Crippen molar-refractivity contribution in [2.45, 2.75) is 19.9 Å². The Morgan fingerprint density at radius 2 is 1.69 bits per heavy atom. The van der Waals surface area contributed by atoms with Crippen LogP contribution in [0.25, 0.3) is 16.5 Å². The van der Waals surface area contributed by atoms with Crippen molar-refractivity contribution < 1.29 is 14.7 Å². The maximum atomic E-state index is 13.3. The first-order valence-corrected chi connectivity index (χ1v) is 11.2. The van der Waals surface area contributed by atoms with Crippen LogP contribution in [-0.2, 0) is 9.59 Å². The molecule has 4 nitrogen and oxygen atoms in total. The van der Waals surface area contributed by atoms with Gasteiger partial charge in [-0.05, 0) is 59.3 Å². The van der Waals surface area contributed by atoms with Crippen molar-refractivity contribution in [2.24, 2.45) is 0 Å². The maximum Gasteiger partial charge on any atom is 0.300 e. The predicted molar refractivity (Wildman–Crippen MR) is 129 cm³/mol. The van der Waals surface area contributed by atoms with Crippen molar-refractivity contribution in [3.63, 3.8) is 0 Å². The van der Waals surface area contributed by atoms with E-state index in [2.05, 4.69) is 0 Å². The number of thiophene rings is 1. The van der Waals surface area contributed by atoms with Gasteiger partial charge in [0.25, 0.3) is 11.7 Å². The summed E-state index contributed by atoms with van der Waals surface area (Å²) in [5, 5.41) is 15.2. The van der Waals surface area contributed by atoms with Crippen LogP contribution < -0.4 is 4.90 Å². The first-order valence-electron chi connectivity index (χ1n) is 10.4. The fraction of sp³-hybridized carbons (Fsp3) is 0.111. The molecule has 1 amide bonds. The van der Waals surface area contributed by atoms with E-state index < -0.39 is 17.7 Å². The van der Waals surface area contributed by atoms with Crippen molar-refractivity contribution in [1.82, 2.24) is 0 Å². The zero-order chi connectivity index (χ0) is 22.4. The molecule has 1 aliphatic rings. The number of ketones is 1. The summed E-state index contributed by atoms with van der Waals surface area (Å²) in [5.74, 6) is -1.45. The number of rotatable bonds is 3. The molecule has 158 valence electrons. The number of nitrogens with zero attached hydrogens (tertiary/aromatic N) is 1. The van der Waals surface area contributed by atoms with Gasteiger partial charge in [0, 0.05) is 16.1 Å². The fourth-order valence-electron chi connectivity index (χ4n) is 4.29. The second kappa shape index (κ2) is 7.77. The van der Waals surface area contributed by atoms with E-state index in [9.17, 15) is 14.7 Å². The van der Waals surface area contributed by atoms with E-state index in [0.29, 0.717) is 11.3 Å². The molecule has 5 rings (SSSR count). The molecule has 4 aromatic rings. The van der Waals surface area contributed by atoms with E-state index in [-0.39, 0.29) is 11.3 Å². The second-order valence-corrected chi connectivity index (χ2v) is 8.94. The lowest BCUT2D eigenvalue weighted by Crippen LogP contribution is -2.29. The first-order chi connectivity index (χ1) is 15.5. The number of aliphatic hydroxyl groups excluding tert-OH is 1. The van der Waals surface area contributed by atoms with Crippen LogP contribution in [0.1, 0.15) is 27.6 Å². The van der Waals surface area contributed by atoms with E-state index in [1.165, 1.54) is 16.2 Å². The number of Topliss-reactive ketones (excluding diaryl/α,β-unsaturated/α-hetero) is 1. The summed E-state index contributed by atoms with van der Waals surface area (Å²) in [5.41, 5.74) is 3.28. The molecule has 1 atom stereocenters. The molecule has 1 saturated heterocycles. The highest BCUT2D eigenvalue weighted by Gasteiger charge is 2.47. The first kappa shape index (κ1) is 20.2. The molecular formula is C27H21NO3S. The number of aryl methyl sites for hydroxylation is 1. The number of fused-ring (bicyclic) bond motifs is 1. The third-order valence-electron chi connectivity index (χ3n) is 6.12. The lowest BCUT2D eigenvalue weighted by molar-refractivity contribution is -0.132. The smallest absolute Gasteiger partial charge is 0.300 e. The van der Waals surface area contributed by atoms with Gasteiger partial charge < -0.3 is 5.11 Å². The van der Waals surface area contributed by atoms with Gasteiger partial charge >= 0.3 is 0 Å². The molecule has 0 radical (unpaired) electrons. The number of aliphatic hydroxyl groups is 1.